The van der Waals surface area contributed by atoms with E-state index in [0.717, 1.165) is 6.07 Å². The highest BCUT2D eigenvalue weighted by Gasteiger charge is 2.19. The van der Waals surface area contributed by atoms with Crippen LogP contribution >= 0.6 is 11.6 Å². The van der Waals surface area contributed by atoms with Gasteiger partial charge in [0, 0.05) is 0 Å². The standard InChI is InChI=1S/C15H12ClFO5/c1-8-10(14(18)20-2)6-9(22-8)7-21-15(19)13-11(16)4-3-5-12(13)17/h3-6H,7H2,1-2H3. The normalized spacial score (nSPS) is 10.4. The second-order valence-electron chi connectivity index (χ2n) is 4.35. The highest BCUT2D eigenvalue weighted by Crippen LogP contribution is 2.21. The molecule has 0 aliphatic carbocycles. The number of rotatable bonds is 4. The highest BCUT2D eigenvalue weighted by molar-refractivity contribution is 6.33. The molecule has 1 aromatic carbocycles. The zero-order valence-electron chi connectivity index (χ0n) is 11.8. The maximum Gasteiger partial charge on any atom is 0.343 e. The molecule has 116 valence electrons. The van der Waals surface area contributed by atoms with Crippen LogP contribution in [0.3, 0.4) is 0 Å². The van der Waals surface area contributed by atoms with Gasteiger partial charge in [-0.15, -0.1) is 0 Å². The van der Waals surface area contributed by atoms with Gasteiger partial charge in [-0.25, -0.2) is 14.0 Å². The second kappa shape index (κ2) is 6.62. The van der Waals surface area contributed by atoms with Crippen molar-refractivity contribution in [2.45, 2.75) is 13.5 Å². The topological polar surface area (TPSA) is 65.7 Å². The van der Waals surface area contributed by atoms with Gasteiger partial charge >= 0.3 is 11.9 Å². The van der Waals surface area contributed by atoms with E-state index in [0.29, 0.717) is 5.76 Å². The fraction of sp³-hybridized carbons (Fsp3) is 0.200. The molecule has 0 aliphatic heterocycles. The Morgan fingerprint density at radius 2 is 2.05 bits per heavy atom. The third-order valence-corrected chi connectivity index (χ3v) is 3.20. The van der Waals surface area contributed by atoms with Gasteiger partial charge in [-0.05, 0) is 25.1 Å². The van der Waals surface area contributed by atoms with Gasteiger partial charge in [0.05, 0.1) is 12.1 Å². The van der Waals surface area contributed by atoms with Crippen LogP contribution in [-0.2, 0) is 16.1 Å². The van der Waals surface area contributed by atoms with Crippen molar-refractivity contribution >= 4 is 23.5 Å². The monoisotopic (exact) mass is 326 g/mol. The van der Waals surface area contributed by atoms with Gasteiger partial charge in [0.25, 0.3) is 0 Å². The smallest absolute Gasteiger partial charge is 0.343 e. The molecule has 0 fully saturated rings. The van der Waals surface area contributed by atoms with Crippen molar-refractivity contribution in [1.82, 2.24) is 0 Å². The van der Waals surface area contributed by atoms with Gasteiger partial charge in [-0.1, -0.05) is 17.7 Å². The first-order chi connectivity index (χ1) is 10.4. The zero-order chi connectivity index (χ0) is 16.3. The molecule has 1 aromatic heterocycles. The van der Waals surface area contributed by atoms with Gasteiger partial charge < -0.3 is 13.9 Å². The van der Waals surface area contributed by atoms with Crippen LogP contribution in [0, 0.1) is 12.7 Å². The molecule has 2 rings (SSSR count). The zero-order valence-corrected chi connectivity index (χ0v) is 12.6. The summed E-state index contributed by atoms with van der Waals surface area (Å²) in [7, 11) is 1.24. The maximum absolute atomic E-state index is 13.6. The Labute approximate surface area is 130 Å². The van der Waals surface area contributed by atoms with Crippen molar-refractivity contribution in [1.29, 1.82) is 0 Å². The molecule has 1 heterocycles. The quantitative estimate of drug-likeness (QED) is 0.804. The molecule has 0 spiro atoms. The third kappa shape index (κ3) is 3.28. The Morgan fingerprint density at radius 3 is 2.68 bits per heavy atom. The molecule has 0 saturated carbocycles. The van der Waals surface area contributed by atoms with E-state index in [1.807, 2.05) is 0 Å². The predicted octanol–water partition coefficient (Wildman–Crippen LogP) is 3.52. The number of furan rings is 1. The average Bonchev–Trinajstić information content (AvgIpc) is 2.85. The minimum absolute atomic E-state index is 0.0455. The average molecular weight is 327 g/mol. The predicted molar refractivity (Wildman–Crippen MR) is 75.3 cm³/mol. The fourth-order valence-corrected chi connectivity index (χ4v) is 2.07. The van der Waals surface area contributed by atoms with Crippen molar-refractivity contribution in [2.75, 3.05) is 7.11 Å². The summed E-state index contributed by atoms with van der Waals surface area (Å²) >= 11 is 5.77. The minimum Gasteiger partial charge on any atom is -0.465 e. The van der Waals surface area contributed by atoms with Gasteiger partial charge in [-0.3, -0.25) is 0 Å². The molecule has 0 bridgehead atoms. The van der Waals surface area contributed by atoms with E-state index >= 15 is 0 Å². The summed E-state index contributed by atoms with van der Waals surface area (Å²) in [6, 6.07) is 5.27. The summed E-state index contributed by atoms with van der Waals surface area (Å²) in [6.07, 6.45) is 0. The lowest BCUT2D eigenvalue weighted by Gasteiger charge is -2.05. The number of hydrogen-bond acceptors (Lipinski definition) is 5. The van der Waals surface area contributed by atoms with Crippen LogP contribution in [0.25, 0.3) is 0 Å². The Morgan fingerprint density at radius 1 is 1.32 bits per heavy atom. The lowest BCUT2D eigenvalue weighted by molar-refractivity contribution is 0.0438. The van der Waals surface area contributed by atoms with Gasteiger partial charge in [0.15, 0.2) is 0 Å². The van der Waals surface area contributed by atoms with Crippen LogP contribution in [0.1, 0.15) is 32.2 Å². The van der Waals surface area contributed by atoms with E-state index in [1.165, 1.54) is 25.3 Å². The molecule has 0 radical (unpaired) electrons. The molecule has 0 saturated heterocycles. The Balaban J connectivity index is 2.10. The molecule has 5 nitrogen and oxygen atoms in total. The number of benzene rings is 1. The number of aryl methyl sites for hydroxylation is 1. The molecule has 0 unspecified atom stereocenters. The van der Waals surface area contributed by atoms with Gasteiger partial charge in [0.1, 0.15) is 35.1 Å². The number of carbonyl (C=O) groups is 2. The van der Waals surface area contributed by atoms with Gasteiger partial charge in [0.2, 0.25) is 0 Å². The first-order valence-corrected chi connectivity index (χ1v) is 6.60. The van der Waals surface area contributed by atoms with Crippen LogP contribution in [0.4, 0.5) is 4.39 Å². The van der Waals surface area contributed by atoms with E-state index in [2.05, 4.69) is 4.74 Å². The second-order valence-corrected chi connectivity index (χ2v) is 4.75. The lowest BCUT2D eigenvalue weighted by Crippen LogP contribution is -2.08. The van der Waals surface area contributed by atoms with Crippen molar-refractivity contribution in [3.8, 4) is 0 Å². The molecule has 0 amide bonds. The molecule has 7 heteroatoms. The number of ether oxygens (including phenoxy) is 2. The van der Waals surface area contributed by atoms with Crippen LogP contribution in [0.2, 0.25) is 5.02 Å². The number of hydrogen-bond donors (Lipinski definition) is 0. The van der Waals surface area contributed by atoms with Crippen LogP contribution in [0.5, 0.6) is 0 Å². The number of carbonyl (C=O) groups excluding carboxylic acids is 2. The van der Waals surface area contributed by atoms with Crippen LogP contribution in [0.15, 0.2) is 28.7 Å². The van der Waals surface area contributed by atoms with Crippen molar-refractivity contribution in [2.24, 2.45) is 0 Å². The van der Waals surface area contributed by atoms with Gasteiger partial charge in [-0.2, -0.15) is 0 Å². The first-order valence-electron chi connectivity index (χ1n) is 6.22. The van der Waals surface area contributed by atoms with E-state index in [-0.39, 0.29) is 28.5 Å². The minimum atomic E-state index is -0.920. The summed E-state index contributed by atoms with van der Waals surface area (Å²) in [5, 5.41) is -0.0455. The first kappa shape index (κ1) is 16.0. The Kier molecular flexibility index (Phi) is 4.82. The summed E-state index contributed by atoms with van der Waals surface area (Å²) in [5.41, 5.74) is -0.113. The summed E-state index contributed by atoms with van der Waals surface area (Å²) in [4.78, 5) is 23.3. The number of esters is 2. The molecule has 0 N–H and O–H groups in total. The molecular formula is C15H12ClFO5. The lowest BCUT2D eigenvalue weighted by atomic mass is 10.2. The maximum atomic E-state index is 13.6. The van der Waals surface area contributed by atoms with E-state index in [1.54, 1.807) is 6.92 Å². The largest absolute Gasteiger partial charge is 0.465 e. The fourth-order valence-electron chi connectivity index (χ4n) is 1.83. The SMILES string of the molecule is COC(=O)c1cc(COC(=O)c2c(F)cccc2Cl)oc1C. The highest BCUT2D eigenvalue weighted by atomic mass is 35.5. The van der Waals surface area contributed by atoms with Crippen LogP contribution < -0.4 is 0 Å². The molecule has 2 aromatic rings. The van der Waals surface area contributed by atoms with E-state index in [4.69, 9.17) is 20.8 Å². The molecule has 0 aliphatic rings. The molecule has 22 heavy (non-hydrogen) atoms. The van der Waals surface area contributed by atoms with Crippen molar-refractivity contribution in [3.05, 3.63) is 57.8 Å². The number of methoxy groups -OCH3 is 1. The van der Waals surface area contributed by atoms with E-state index < -0.39 is 17.8 Å². The summed E-state index contributed by atoms with van der Waals surface area (Å²) in [5.74, 6) is -1.68. The summed E-state index contributed by atoms with van der Waals surface area (Å²) < 4.78 is 28.4. The van der Waals surface area contributed by atoms with Crippen LogP contribution in [-0.4, -0.2) is 19.0 Å². The van der Waals surface area contributed by atoms with E-state index in [9.17, 15) is 14.0 Å². The number of halogens is 2. The van der Waals surface area contributed by atoms with Crippen molar-refractivity contribution in [3.63, 3.8) is 0 Å². The Bertz CT molecular complexity index is 702. The molecular weight excluding hydrogens is 315 g/mol. The third-order valence-electron chi connectivity index (χ3n) is 2.89. The Hall–Kier alpha value is -2.34. The van der Waals surface area contributed by atoms with Crippen molar-refractivity contribution < 1.29 is 27.9 Å². The summed E-state index contributed by atoms with van der Waals surface area (Å²) in [6.45, 7) is 1.31. The molecule has 0 atom stereocenters.